The van der Waals surface area contributed by atoms with Gasteiger partial charge >= 0.3 is 0 Å². The number of carbonyl (C=O) groups excluding carboxylic acids is 1. The summed E-state index contributed by atoms with van der Waals surface area (Å²) in [6, 6.07) is 8.46. The van der Waals surface area contributed by atoms with Crippen LogP contribution in [0.2, 0.25) is 0 Å². The molecular weight excluding hydrogens is 260 g/mol. The van der Waals surface area contributed by atoms with E-state index in [0.717, 1.165) is 31.5 Å². The summed E-state index contributed by atoms with van der Waals surface area (Å²) in [7, 11) is 4.09. The fraction of sp³-hybridized carbons (Fsp3) is 0.611. The molecule has 0 fully saturated rings. The van der Waals surface area contributed by atoms with Gasteiger partial charge in [0.15, 0.2) is 0 Å². The first-order valence-corrected chi connectivity index (χ1v) is 7.91. The van der Waals surface area contributed by atoms with Gasteiger partial charge in [0.1, 0.15) is 0 Å². The minimum atomic E-state index is -0.0857. The van der Waals surface area contributed by atoms with Crippen molar-refractivity contribution in [2.45, 2.75) is 39.5 Å². The fourth-order valence-corrected chi connectivity index (χ4v) is 2.33. The minimum absolute atomic E-state index is 0.0857. The first-order valence-electron chi connectivity index (χ1n) is 7.91. The number of carbonyl (C=O) groups is 1. The Kier molecular flexibility index (Phi) is 7.44. The van der Waals surface area contributed by atoms with Gasteiger partial charge in [-0.1, -0.05) is 38.1 Å². The molecule has 3 nitrogen and oxygen atoms in total. The van der Waals surface area contributed by atoms with Crippen LogP contribution < -0.4 is 5.32 Å². The van der Waals surface area contributed by atoms with Crippen molar-refractivity contribution in [2.75, 3.05) is 27.2 Å². The number of amides is 1. The molecule has 1 atom stereocenters. The Bertz CT molecular complexity index is 423. The Morgan fingerprint density at radius 3 is 2.29 bits per heavy atom. The van der Waals surface area contributed by atoms with Gasteiger partial charge < -0.3 is 10.2 Å². The lowest BCUT2D eigenvalue weighted by Crippen LogP contribution is -2.30. The third-order valence-corrected chi connectivity index (χ3v) is 3.60. The Morgan fingerprint density at radius 2 is 1.76 bits per heavy atom. The summed E-state index contributed by atoms with van der Waals surface area (Å²) in [5, 5.41) is 3.02. The van der Waals surface area contributed by atoms with E-state index in [1.165, 1.54) is 5.56 Å². The van der Waals surface area contributed by atoms with Crippen LogP contribution in [0.15, 0.2) is 24.3 Å². The molecule has 1 amide bonds. The van der Waals surface area contributed by atoms with Crippen molar-refractivity contribution >= 4 is 5.91 Å². The second kappa shape index (κ2) is 8.83. The predicted molar refractivity (Wildman–Crippen MR) is 89.6 cm³/mol. The van der Waals surface area contributed by atoms with Gasteiger partial charge in [-0.25, -0.2) is 0 Å². The molecule has 1 rings (SSSR count). The Hall–Kier alpha value is -1.35. The van der Waals surface area contributed by atoms with Crippen molar-refractivity contribution in [3.8, 4) is 0 Å². The van der Waals surface area contributed by atoms with Gasteiger partial charge in [0.2, 0.25) is 5.91 Å². The Balaban J connectivity index is 2.46. The quantitative estimate of drug-likeness (QED) is 0.746. The molecule has 0 aliphatic rings. The summed E-state index contributed by atoms with van der Waals surface area (Å²) < 4.78 is 0. The number of nitrogens with one attached hydrogen (secondary N) is 1. The summed E-state index contributed by atoms with van der Waals surface area (Å²) in [4.78, 5) is 14.3. The standard InChI is InChI=1S/C18H30N2O/c1-14(2)13-16-7-9-17(10-8-16)15(3)18(21)19-11-6-12-20(4)5/h7-10,14-15H,6,11-13H2,1-5H3,(H,19,21)/t15-/m0/s1. The average molecular weight is 290 g/mol. The number of hydrogen-bond acceptors (Lipinski definition) is 2. The summed E-state index contributed by atoms with van der Waals surface area (Å²) in [6.45, 7) is 8.15. The van der Waals surface area contributed by atoms with Crippen molar-refractivity contribution < 1.29 is 4.79 Å². The maximum Gasteiger partial charge on any atom is 0.227 e. The molecule has 0 unspecified atom stereocenters. The van der Waals surface area contributed by atoms with Gasteiger partial charge in [0.25, 0.3) is 0 Å². The zero-order chi connectivity index (χ0) is 15.8. The zero-order valence-corrected chi connectivity index (χ0v) is 14.1. The molecule has 0 aromatic heterocycles. The SMILES string of the molecule is CC(C)Cc1ccc([C@H](C)C(=O)NCCCN(C)C)cc1. The van der Waals surface area contributed by atoms with Crippen LogP contribution in [-0.4, -0.2) is 38.0 Å². The zero-order valence-electron chi connectivity index (χ0n) is 14.1. The van der Waals surface area contributed by atoms with Crippen LogP contribution in [0.4, 0.5) is 0 Å². The molecule has 21 heavy (non-hydrogen) atoms. The van der Waals surface area contributed by atoms with Crippen molar-refractivity contribution in [1.82, 2.24) is 10.2 Å². The van der Waals surface area contributed by atoms with Gasteiger partial charge in [-0.2, -0.15) is 0 Å². The molecule has 0 aliphatic heterocycles. The Morgan fingerprint density at radius 1 is 1.14 bits per heavy atom. The first-order chi connectivity index (χ1) is 9.90. The number of benzene rings is 1. The molecule has 3 heteroatoms. The van der Waals surface area contributed by atoms with Crippen LogP contribution in [0.5, 0.6) is 0 Å². The predicted octanol–water partition coefficient (Wildman–Crippen LogP) is 3.06. The fourth-order valence-electron chi connectivity index (χ4n) is 2.33. The normalized spacial score (nSPS) is 12.7. The van der Waals surface area contributed by atoms with E-state index in [-0.39, 0.29) is 11.8 Å². The van der Waals surface area contributed by atoms with E-state index in [2.05, 4.69) is 48.3 Å². The molecule has 0 aliphatic carbocycles. The molecule has 0 spiro atoms. The number of nitrogens with zero attached hydrogens (tertiary/aromatic N) is 1. The van der Waals surface area contributed by atoms with Crippen LogP contribution in [-0.2, 0) is 11.2 Å². The third-order valence-electron chi connectivity index (χ3n) is 3.60. The largest absolute Gasteiger partial charge is 0.356 e. The lowest BCUT2D eigenvalue weighted by Gasteiger charge is -2.14. The van der Waals surface area contributed by atoms with Crippen LogP contribution in [0.25, 0.3) is 0 Å². The third kappa shape index (κ3) is 6.76. The van der Waals surface area contributed by atoms with E-state index in [0.29, 0.717) is 5.92 Å². The van der Waals surface area contributed by atoms with E-state index in [1.807, 2.05) is 21.0 Å². The molecular formula is C18H30N2O. The molecule has 0 saturated heterocycles. The topological polar surface area (TPSA) is 32.3 Å². The highest BCUT2D eigenvalue weighted by Crippen LogP contribution is 2.17. The maximum atomic E-state index is 12.1. The van der Waals surface area contributed by atoms with E-state index < -0.39 is 0 Å². The molecule has 0 saturated carbocycles. The van der Waals surface area contributed by atoms with Crippen molar-refractivity contribution in [3.63, 3.8) is 0 Å². The van der Waals surface area contributed by atoms with E-state index in [1.54, 1.807) is 0 Å². The highest BCUT2D eigenvalue weighted by atomic mass is 16.1. The number of hydrogen-bond donors (Lipinski definition) is 1. The molecule has 1 N–H and O–H groups in total. The summed E-state index contributed by atoms with van der Waals surface area (Å²) in [5.41, 5.74) is 2.43. The lowest BCUT2D eigenvalue weighted by molar-refractivity contribution is -0.122. The van der Waals surface area contributed by atoms with Gasteiger partial charge in [-0.15, -0.1) is 0 Å². The first kappa shape index (κ1) is 17.7. The van der Waals surface area contributed by atoms with Gasteiger partial charge in [0.05, 0.1) is 5.92 Å². The molecule has 1 aromatic rings. The van der Waals surface area contributed by atoms with Crippen molar-refractivity contribution in [2.24, 2.45) is 5.92 Å². The van der Waals surface area contributed by atoms with Gasteiger partial charge in [-0.3, -0.25) is 4.79 Å². The maximum absolute atomic E-state index is 12.1. The van der Waals surface area contributed by atoms with Crippen LogP contribution in [0.1, 0.15) is 44.2 Å². The van der Waals surface area contributed by atoms with Crippen molar-refractivity contribution in [1.29, 1.82) is 0 Å². The summed E-state index contributed by atoms with van der Waals surface area (Å²) in [5.74, 6) is 0.691. The molecule has 1 aromatic carbocycles. The van der Waals surface area contributed by atoms with Gasteiger partial charge in [0, 0.05) is 6.54 Å². The minimum Gasteiger partial charge on any atom is -0.356 e. The van der Waals surface area contributed by atoms with E-state index in [4.69, 9.17) is 0 Å². The average Bonchev–Trinajstić information content (AvgIpc) is 2.42. The second-order valence-electron chi connectivity index (χ2n) is 6.51. The molecule has 118 valence electrons. The van der Waals surface area contributed by atoms with E-state index >= 15 is 0 Å². The molecule has 0 bridgehead atoms. The number of rotatable bonds is 8. The van der Waals surface area contributed by atoms with Crippen LogP contribution >= 0.6 is 0 Å². The van der Waals surface area contributed by atoms with E-state index in [9.17, 15) is 4.79 Å². The van der Waals surface area contributed by atoms with Crippen molar-refractivity contribution in [3.05, 3.63) is 35.4 Å². The summed E-state index contributed by atoms with van der Waals surface area (Å²) in [6.07, 6.45) is 2.07. The highest BCUT2D eigenvalue weighted by molar-refractivity contribution is 5.83. The Labute approximate surface area is 129 Å². The molecule has 0 heterocycles. The highest BCUT2D eigenvalue weighted by Gasteiger charge is 2.14. The smallest absolute Gasteiger partial charge is 0.227 e. The molecule has 0 radical (unpaired) electrons. The van der Waals surface area contributed by atoms with Crippen LogP contribution in [0, 0.1) is 5.92 Å². The monoisotopic (exact) mass is 290 g/mol. The van der Waals surface area contributed by atoms with Crippen LogP contribution in [0.3, 0.4) is 0 Å². The summed E-state index contributed by atoms with van der Waals surface area (Å²) >= 11 is 0. The second-order valence-corrected chi connectivity index (χ2v) is 6.51. The van der Waals surface area contributed by atoms with Gasteiger partial charge in [-0.05, 0) is 57.5 Å². The lowest BCUT2D eigenvalue weighted by atomic mass is 9.96.